The van der Waals surface area contributed by atoms with Gasteiger partial charge in [0.25, 0.3) is 5.91 Å². The first-order chi connectivity index (χ1) is 18.0. The monoisotopic (exact) mass is 498 g/mol. The molecule has 190 valence electrons. The number of rotatable bonds is 8. The normalized spacial score (nSPS) is 15.2. The lowest BCUT2D eigenvalue weighted by molar-refractivity contribution is 0.0530. The zero-order valence-corrected chi connectivity index (χ0v) is 21.1. The van der Waals surface area contributed by atoms with Gasteiger partial charge in [0, 0.05) is 74.1 Å². The minimum Gasteiger partial charge on any atom is -0.346 e. The van der Waals surface area contributed by atoms with Crippen molar-refractivity contribution in [2.45, 2.75) is 45.2 Å². The van der Waals surface area contributed by atoms with Crippen LogP contribution in [0.5, 0.6) is 0 Å². The van der Waals surface area contributed by atoms with Gasteiger partial charge in [-0.25, -0.2) is 19.9 Å². The van der Waals surface area contributed by atoms with E-state index in [0.29, 0.717) is 37.6 Å². The highest BCUT2D eigenvalue weighted by atomic mass is 16.2. The number of nitrogens with zero attached hydrogens (tertiary/aromatic N) is 9. The molecule has 1 aliphatic rings. The molecule has 11 nitrogen and oxygen atoms in total. The summed E-state index contributed by atoms with van der Waals surface area (Å²) in [5.74, 6) is 0.783. The summed E-state index contributed by atoms with van der Waals surface area (Å²) >= 11 is 0. The zero-order valence-electron chi connectivity index (χ0n) is 21.1. The molecule has 5 heterocycles. The van der Waals surface area contributed by atoms with Crippen LogP contribution in [-0.4, -0.2) is 82.6 Å². The molecule has 4 aromatic heterocycles. The Morgan fingerprint density at radius 3 is 2.78 bits per heavy atom. The summed E-state index contributed by atoms with van der Waals surface area (Å²) in [6.07, 6.45) is 10.1. The number of fused-ring (bicyclic) bond motifs is 1. The van der Waals surface area contributed by atoms with Crippen molar-refractivity contribution in [1.29, 1.82) is 5.26 Å². The summed E-state index contributed by atoms with van der Waals surface area (Å²) in [6.45, 7) is 7.36. The van der Waals surface area contributed by atoms with Gasteiger partial charge in [0.1, 0.15) is 23.5 Å². The van der Waals surface area contributed by atoms with Gasteiger partial charge in [-0.2, -0.15) is 10.4 Å². The fourth-order valence-corrected chi connectivity index (χ4v) is 4.75. The predicted molar refractivity (Wildman–Crippen MR) is 137 cm³/mol. The molecule has 1 saturated heterocycles. The van der Waals surface area contributed by atoms with Gasteiger partial charge in [-0.3, -0.25) is 14.4 Å². The van der Waals surface area contributed by atoms with E-state index in [1.807, 2.05) is 48.1 Å². The Hall–Kier alpha value is -4.17. The molecule has 11 heteroatoms. The number of aromatic nitrogens is 7. The first-order valence-electron chi connectivity index (χ1n) is 12.6. The average Bonchev–Trinajstić information content (AvgIpc) is 3.60. The minimum atomic E-state index is -0.0600. The summed E-state index contributed by atoms with van der Waals surface area (Å²) in [5.41, 5.74) is 2.99. The number of H-pyrrole nitrogens is 1. The molecule has 0 bridgehead atoms. The number of amides is 1. The van der Waals surface area contributed by atoms with Crippen molar-refractivity contribution >= 4 is 16.9 Å². The Balaban J connectivity index is 1.25. The highest BCUT2D eigenvalue weighted by Gasteiger charge is 2.28. The minimum absolute atomic E-state index is 0.0600. The Morgan fingerprint density at radius 2 is 2.00 bits per heavy atom. The highest BCUT2D eigenvalue weighted by molar-refractivity contribution is 5.92. The lowest BCUT2D eigenvalue weighted by atomic mass is 10.1. The molecule has 0 aliphatic carbocycles. The van der Waals surface area contributed by atoms with Gasteiger partial charge >= 0.3 is 0 Å². The molecule has 1 atom stereocenters. The summed E-state index contributed by atoms with van der Waals surface area (Å²) < 4.78 is 1.92. The van der Waals surface area contributed by atoms with Crippen molar-refractivity contribution in [3.8, 4) is 17.3 Å². The number of carbonyl (C=O) groups excluding carboxylic acids is 1. The summed E-state index contributed by atoms with van der Waals surface area (Å²) in [5, 5.41) is 14.8. The largest absolute Gasteiger partial charge is 0.346 e. The van der Waals surface area contributed by atoms with E-state index in [0.717, 1.165) is 41.8 Å². The number of piperazine rings is 1. The standard InChI is InChI=1S/C26H30N10O/c1-18(2)24-28-9-6-22(33-24)26(37)35-12-10-34(11-13-35)20(4-3-7-27)16-36-15-19(14-32-36)23-21-5-8-29-25(21)31-17-30-23/h5-6,8-9,14-15,17-18,20H,3-4,10-13,16H2,1-2H3,(H,29,30,31)/t20-/m0/s1. The van der Waals surface area contributed by atoms with Crippen LogP contribution in [0.2, 0.25) is 0 Å². The van der Waals surface area contributed by atoms with Crippen molar-refractivity contribution in [2.24, 2.45) is 0 Å². The second-order valence-corrected chi connectivity index (χ2v) is 9.55. The maximum Gasteiger partial charge on any atom is 0.272 e. The topological polar surface area (TPSA) is 133 Å². The average molecular weight is 499 g/mol. The van der Waals surface area contributed by atoms with Crippen molar-refractivity contribution in [1.82, 2.24) is 44.5 Å². The van der Waals surface area contributed by atoms with Gasteiger partial charge in [-0.05, 0) is 18.6 Å². The van der Waals surface area contributed by atoms with E-state index < -0.39 is 0 Å². The van der Waals surface area contributed by atoms with E-state index in [1.54, 1.807) is 18.6 Å². The van der Waals surface area contributed by atoms with E-state index in [4.69, 9.17) is 0 Å². The number of hydrogen-bond acceptors (Lipinski definition) is 8. The molecule has 1 fully saturated rings. The van der Waals surface area contributed by atoms with E-state index in [1.165, 1.54) is 0 Å². The van der Waals surface area contributed by atoms with Crippen LogP contribution in [0.3, 0.4) is 0 Å². The fraction of sp³-hybridized carbons (Fsp3) is 0.423. The summed E-state index contributed by atoms with van der Waals surface area (Å²) in [7, 11) is 0. The smallest absolute Gasteiger partial charge is 0.272 e. The predicted octanol–water partition coefficient (Wildman–Crippen LogP) is 2.87. The Morgan fingerprint density at radius 1 is 1.16 bits per heavy atom. The summed E-state index contributed by atoms with van der Waals surface area (Å²) in [6, 6.07) is 6.06. The maximum absolute atomic E-state index is 13.1. The molecule has 1 N–H and O–H groups in total. The number of aromatic amines is 1. The van der Waals surface area contributed by atoms with Crippen LogP contribution in [0.25, 0.3) is 22.3 Å². The van der Waals surface area contributed by atoms with Gasteiger partial charge in [-0.15, -0.1) is 0 Å². The van der Waals surface area contributed by atoms with E-state index in [2.05, 4.69) is 41.0 Å². The van der Waals surface area contributed by atoms with Crippen LogP contribution in [0.1, 0.15) is 48.9 Å². The molecule has 1 amide bonds. The quantitative estimate of drug-likeness (QED) is 0.392. The molecule has 0 radical (unpaired) electrons. The number of carbonyl (C=O) groups is 1. The Bertz CT molecular complexity index is 1410. The van der Waals surface area contributed by atoms with E-state index in [-0.39, 0.29) is 17.9 Å². The van der Waals surface area contributed by atoms with E-state index >= 15 is 0 Å². The second-order valence-electron chi connectivity index (χ2n) is 9.55. The maximum atomic E-state index is 13.1. The third-order valence-electron chi connectivity index (χ3n) is 6.78. The van der Waals surface area contributed by atoms with Crippen LogP contribution >= 0.6 is 0 Å². The van der Waals surface area contributed by atoms with Crippen LogP contribution in [-0.2, 0) is 6.54 Å². The molecular weight excluding hydrogens is 468 g/mol. The first kappa shape index (κ1) is 24.5. The van der Waals surface area contributed by atoms with Crippen LogP contribution in [0.4, 0.5) is 0 Å². The molecular formula is C26H30N10O. The molecule has 5 rings (SSSR count). The van der Waals surface area contributed by atoms with E-state index in [9.17, 15) is 10.1 Å². The molecule has 0 spiro atoms. The first-order valence-corrected chi connectivity index (χ1v) is 12.6. The van der Waals surface area contributed by atoms with Gasteiger partial charge in [0.15, 0.2) is 0 Å². The van der Waals surface area contributed by atoms with Gasteiger partial charge in [-0.1, -0.05) is 13.8 Å². The summed E-state index contributed by atoms with van der Waals surface area (Å²) in [4.78, 5) is 37.9. The highest BCUT2D eigenvalue weighted by Crippen LogP contribution is 2.24. The number of nitriles is 1. The van der Waals surface area contributed by atoms with Gasteiger partial charge in [0.05, 0.1) is 24.5 Å². The molecule has 1 aliphatic heterocycles. The van der Waals surface area contributed by atoms with Crippen molar-refractivity contribution in [3.05, 3.63) is 54.8 Å². The lowest BCUT2D eigenvalue weighted by Crippen LogP contribution is -2.53. The lowest BCUT2D eigenvalue weighted by Gasteiger charge is -2.39. The number of hydrogen-bond donors (Lipinski definition) is 1. The molecule has 4 aromatic rings. The third kappa shape index (κ3) is 5.34. The third-order valence-corrected chi connectivity index (χ3v) is 6.78. The van der Waals surface area contributed by atoms with Gasteiger partial charge in [0.2, 0.25) is 0 Å². The molecule has 37 heavy (non-hydrogen) atoms. The molecule has 0 saturated carbocycles. The Labute approximate surface area is 215 Å². The zero-order chi connectivity index (χ0) is 25.8. The number of nitrogens with one attached hydrogen (secondary N) is 1. The fourth-order valence-electron chi connectivity index (χ4n) is 4.75. The van der Waals surface area contributed by atoms with Crippen LogP contribution < -0.4 is 0 Å². The van der Waals surface area contributed by atoms with Crippen molar-refractivity contribution < 1.29 is 4.79 Å². The molecule has 0 aromatic carbocycles. The van der Waals surface area contributed by atoms with Crippen LogP contribution in [0.15, 0.2) is 43.2 Å². The SMILES string of the molecule is CC(C)c1nccc(C(=O)N2CCN([C@@H](CCC#N)Cn3cc(-c4ncnc5[nH]ccc45)cn3)CC2)n1. The van der Waals surface area contributed by atoms with Crippen molar-refractivity contribution in [3.63, 3.8) is 0 Å². The van der Waals surface area contributed by atoms with Gasteiger partial charge < -0.3 is 9.88 Å². The molecule has 0 unspecified atom stereocenters. The Kier molecular flexibility index (Phi) is 7.18. The van der Waals surface area contributed by atoms with Crippen molar-refractivity contribution in [2.75, 3.05) is 26.2 Å². The van der Waals surface area contributed by atoms with Crippen LogP contribution in [0, 0.1) is 11.3 Å². The second kappa shape index (κ2) is 10.8.